The van der Waals surface area contributed by atoms with Crippen LogP contribution in [-0.4, -0.2) is 36.6 Å². The normalized spacial score (nSPS) is 25.5. The van der Waals surface area contributed by atoms with Gasteiger partial charge in [0.1, 0.15) is 0 Å². The number of ketones is 2. The molecule has 0 N–H and O–H groups in total. The topological polar surface area (TPSA) is 34.1 Å². The molecule has 0 atom stereocenters. The van der Waals surface area contributed by atoms with Crippen LogP contribution in [0.4, 0.5) is 0 Å². The van der Waals surface area contributed by atoms with Gasteiger partial charge in [-0.2, -0.15) is 11.8 Å². The van der Waals surface area contributed by atoms with Crippen molar-refractivity contribution in [3.05, 3.63) is 46.6 Å². The van der Waals surface area contributed by atoms with Crippen LogP contribution in [0.15, 0.2) is 46.6 Å². The third kappa shape index (κ3) is 5.11. The molecule has 0 radical (unpaired) electrons. The number of thioether (sulfide) groups is 3. The van der Waals surface area contributed by atoms with Gasteiger partial charge in [-0.15, -0.1) is 23.5 Å². The highest BCUT2D eigenvalue weighted by Gasteiger charge is 2.65. The summed E-state index contributed by atoms with van der Waals surface area (Å²) in [5, 5.41) is 0. The summed E-state index contributed by atoms with van der Waals surface area (Å²) < 4.78 is -0.858. The van der Waals surface area contributed by atoms with Crippen molar-refractivity contribution >= 4 is 46.9 Å². The molecule has 0 aromatic heterocycles. The van der Waals surface area contributed by atoms with E-state index < -0.39 is 9.49 Å². The maximum Gasteiger partial charge on any atom is 0.185 e. The van der Waals surface area contributed by atoms with Gasteiger partial charge >= 0.3 is 0 Å². The smallest absolute Gasteiger partial charge is 0.185 e. The number of hydrogen-bond acceptors (Lipinski definition) is 5. The Morgan fingerprint density at radius 2 is 0.789 bits per heavy atom. The predicted octanol–water partition coefficient (Wildman–Crippen LogP) is 9.22. The standard InChI is InChI=1S/C33H48O2S3/c1-27(2,3)21-17-31(18-22(25(21)34)28(4,5)6)32(38-33(37-31)13-15-36-16-14-33)19-23(29(7,8)9)26(35)24(20-32)30(10,11)12/h17-20H,13-16H2,1-12H3. The molecule has 38 heavy (non-hydrogen) atoms. The lowest BCUT2D eigenvalue weighted by Crippen LogP contribution is -2.48. The second-order valence-electron chi connectivity index (χ2n) is 15.7. The summed E-state index contributed by atoms with van der Waals surface area (Å²) in [6.07, 6.45) is 11.6. The maximum absolute atomic E-state index is 14.1. The van der Waals surface area contributed by atoms with Crippen LogP contribution in [0.5, 0.6) is 0 Å². The molecule has 2 saturated heterocycles. The second-order valence-corrected chi connectivity index (χ2v) is 20.5. The third-order valence-electron chi connectivity index (χ3n) is 8.22. The molecule has 5 heteroatoms. The van der Waals surface area contributed by atoms with Crippen molar-refractivity contribution < 1.29 is 9.59 Å². The number of fused-ring (bicyclic) bond motifs is 1. The summed E-state index contributed by atoms with van der Waals surface area (Å²) in [5.41, 5.74) is 2.52. The monoisotopic (exact) mass is 572 g/mol. The van der Waals surface area contributed by atoms with Gasteiger partial charge in [-0.1, -0.05) is 107 Å². The molecular formula is C33H48O2S3. The minimum Gasteiger partial charge on any atom is -0.289 e. The highest BCUT2D eigenvalue weighted by Crippen LogP contribution is 2.72. The molecule has 2 nitrogen and oxygen atoms in total. The first-order valence-electron chi connectivity index (χ1n) is 14.1. The summed E-state index contributed by atoms with van der Waals surface area (Å²) in [5.74, 6) is 2.68. The van der Waals surface area contributed by atoms with Crippen LogP contribution < -0.4 is 0 Å². The highest BCUT2D eigenvalue weighted by atomic mass is 32.2. The van der Waals surface area contributed by atoms with Gasteiger partial charge in [-0.05, 0) is 46.0 Å². The lowest BCUT2D eigenvalue weighted by molar-refractivity contribution is -0.115. The fourth-order valence-electron chi connectivity index (χ4n) is 5.97. The SMILES string of the molecule is CC(C)(C)C1=CC2(C=C(C(C)(C)C)C1=O)SC1(CCSCC1)SC21C=C(C(C)(C)C)C(=O)C(C(C)(C)C)=C1. The largest absolute Gasteiger partial charge is 0.289 e. The van der Waals surface area contributed by atoms with Gasteiger partial charge in [0.15, 0.2) is 11.6 Å². The summed E-state index contributed by atoms with van der Waals surface area (Å²) in [4.78, 5) is 28.1. The lowest BCUT2D eigenvalue weighted by atomic mass is 9.65. The van der Waals surface area contributed by atoms with Gasteiger partial charge in [0, 0.05) is 22.3 Å². The Morgan fingerprint density at radius 1 is 0.526 bits per heavy atom. The summed E-state index contributed by atoms with van der Waals surface area (Å²) in [7, 11) is 0. The number of Topliss-reactive ketones (excluding diaryl/α,β-unsaturated/α-hetero) is 2. The quantitative estimate of drug-likeness (QED) is 0.289. The van der Waals surface area contributed by atoms with Crippen LogP contribution in [0.3, 0.4) is 0 Å². The average Bonchev–Trinajstić information content (AvgIpc) is 2.96. The van der Waals surface area contributed by atoms with E-state index in [4.69, 9.17) is 0 Å². The zero-order chi connectivity index (χ0) is 28.7. The predicted molar refractivity (Wildman–Crippen MR) is 170 cm³/mol. The molecule has 0 aromatic carbocycles. The molecule has 0 amide bonds. The number of carbonyl (C=O) groups is 2. The molecule has 0 bridgehead atoms. The van der Waals surface area contributed by atoms with E-state index in [1.54, 1.807) is 0 Å². The summed E-state index contributed by atoms with van der Waals surface area (Å²) in [6.45, 7) is 26.0. The van der Waals surface area contributed by atoms with Gasteiger partial charge in [-0.25, -0.2) is 0 Å². The number of hydrogen-bond donors (Lipinski definition) is 0. The third-order valence-corrected chi connectivity index (χ3v) is 13.2. The van der Waals surface area contributed by atoms with Crippen LogP contribution in [0.2, 0.25) is 0 Å². The van der Waals surface area contributed by atoms with Crippen LogP contribution in [-0.2, 0) is 9.59 Å². The first-order chi connectivity index (χ1) is 17.1. The molecule has 210 valence electrons. The van der Waals surface area contributed by atoms with Crippen molar-refractivity contribution in [1.82, 2.24) is 0 Å². The van der Waals surface area contributed by atoms with Crippen molar-refractivity contribution in [2.75, 3.05) is 11.5 Å². The average molecular weight is 573 g/mol. The van der Waals surface area contributed by atoms with E-state index in [1.807, 2.05) is 11.8 Å². The van der Waals surface area contributed by atoms with Gasteiger partial charge in [0.2, 0.25) is 0 Å². The molecule has 0 saturated carbocycles. The number of rotatable bonds is 0. The van der Waals surface area contributed by atoms with E-state index in [2.05, 4.69) is 131 Å². The van der Waals surface area contributed by atoms with Gasteiger partial charge < -0.3 is 0 Å². The Bertz CT molecular complexity index is 1010. The first kappa shape index (κ1) is 30.3. The molecule has 0 aromatic rings. The lowest BCUT2D eigenvalue weighted by Gasteiger charge is -2.46. The van der Waals surface area contributed by atoms with E-state index in [0.717, 1.165) is 46.6 Å². The van der Waals surface area contributed by atoms with Crippen molar-refractivity contribution in [2.24, 2.45) is 21.7 Å². The van der Waals surface area contributed by atoms with Gasteiger partial charge in [0.05, 0.1) is 13.6 Å². The summed E-state index contributed by atoms with van der Waals surface area (Å²) >= 11 is 6.20. The molecular weight excluding hydrogens is 525 g/mol. The van der Waals surface area contributed by atoms with E-state index in [9.17, 15) is 9.59 Å². The van der Waals surface area contributed by atoms with E-state index >= 15 is 0 Å². The second kappa shape index (κ2) is 9.18. The van der Waals surface area contributed by atoms with Crippen LogP contribution in [0, 0.1) is 21.7 Å². The Balaban J connectivity index is 2.14. The molecule has 3 spiro atoms. The number of allylic oxidation sites excluding steroid dienone is 4. The molecule has 4 aliphatic rings. The molecule has 0 unspecified atom stereocenters. The Morgan fingerprint density at radius 3 is 1.03 bits per heavy atom. The molecule has 4 rings (SSSR count). The molecule has 2 heterocycles. The zero-order valence-corrected chi connectivity index (χ0v) is 28.1. The molecule has 2 aliphatic carbocycles. The minimum absolute atomic E-state index is 0.0456. The molecule has 2 aliphatic heterocycles. The summed E-state index contributed by atoms with van der Waals surface area (Å²) in [6, 6.07) is 0. The fraction of sp³-hybridized carbons (Fsp3) is 0.697. The van der Waals surface area contributed by atoms with E-state index in [1.165, 1.54) is 0 Å². The van der Waals surface area contributed by atoms with Gasteiger partial charge in [0.25, 0.3) is 0 Å². The Kier molecular flexibility index (Phi) is 7.32. The van der Waals surface area contributed by atoms with E-state index in [0.29, 0.717) is 0 Å². The Labute approximate surface area is 244 Å². The van der Waals surface area contributed by atoms with Crippen molar-refractivity contribution in [3.63, 3.8) is 0 Å². The van der Waals surface area contributed by atoms with Crippen LogP contribution in [0.25, 0.3) is 0 Å². The maximum atomic E-state index is 14.1. The van der Waals surface area contributed by atoms with Crippen molar-refractivity contribution in [1.29, 1.82) is 0 Å². The van der Waals surface area contributed by atoms with Crippen molar-refractivity contribution in [2.45, 2.75) is 109 Å². The molecule has 2 fully saturated rings. The van der Waals surface area contributed by atoms with Crippen LogP contribution in [0.1, 0.15) is 95.9 Å². The van der Waals surface area contributed by atoms with Gasteiger partial charge in [-0.3, -0.25) is 9.59 Å². The Hall–Kier alpha value is -0.650. The fourth-order valence-corrected chi connectivity index (χ4v) is 12.2. The number of carbonyl (C=O) groups excluding carboxylic acids is 2. The first-order valence-corrected chi connectivity index (χ1v) is 16.9. The van der Waals surface area contributed by atoms with E-state index in [-0.39, 0.29) is 37.3 Å². The minimum atomic E-state index is -0.452. The highest BCUT2D eigenvalue weighted by molar-refractivity contribution is 8.23. The van der Waals surface area contributed by atoms with Crippen LogP contribution >= 0.6 is 35.3 Å². The zero-order valence-electron chi connectivity index (χ0n) is 25.7. The van der Waals surface area contributed by atoms with Crippen molar-refractivity contribution in [3.8, 4) is 0 Å².